The molecule has 4 nitrogen and oxygen atoms in total. The molecular weight excluding hydrogens is 264 g/mol. The molecule has 3 rings (SSSR count). The molecule has 0 spiro atoms. The molecule has 2 aromatic rings. The summed E-state index contributed by atoms with van der Waals surface area (Å²) >= 11 is 0. The van der Waals surface area contributed by atoms with Crippen LogP contribution in [0.25, 0.3) is 11.5 Å². The quantitative estimate of drug-likeness (QED) is 0.920. The molecule has 0 aliphatic heterocycles. The Bertz CT molecular complexity index is 657. The number of anilines is 1. The van der Waals surface area contributed by atoms with Gasteiger partial charge < -0.3 is 9.73 Å². The minimum atomic E-state index is 0.0955. The van der Waals surface area contributed by atoms with Crippen LogP contribution in [-0.4, -0.2) is 10.9 Å². The Morgan fingerprint density at radius 2 is 2.19 bits per heavy atom. The molecule has 1 heterocycles. The van der Waals surface area contributed by atoms with Crippen LogP contribution in [0, 0.1) is 19.8 Å². The Kier molecular flexibility index (Phi) is 3.78. The van der Waals surface area contributed by atoms with E-state index in [0.717, 1.165) is 22.5 Å². The fourth-order valence-corrected chi connectivity index (χ4v) is 2.58. The van der Waals surface area contributed by atoms with Gasteiger partial charge >= 0.3 is 0 Å². The van der Waals surface area contributed by atoms with Crippen molar-refractivity contribution < 1.29 is 9.21 Å². The van der Waals surface area contributed by atoms with Gasteiger partial charge in [0.1, 0.15) is 6.26 Å². The molecule has 0 bridgehead atoms. The van der Waals surface area contributed by atoms with Crippen molar-refractivity contribution in [3.8, 4) is 11.5 Å². The molecule has 0 saturated heterocycles. The second-order valence-corrected chi connectivity index (χ2v) is 5.87. The second kappa shape index (κ2) is 5.72. The Balaban J connectivity index is 1.75. The zero-order chi connectivity index (χ0) is 14.8. The van der Waals surface area contributed by atoms with Crippen molar-refractivity contribution in [3.63, 3.8) is 0 Å². The van der Waals surface area contributed by atoms with Crippen LogP contribution in [0.3, 0.4) is 0 Å². The number of amides is 1. The van der Waals surface area contributed by atoms with Gasteiger partial charge in [0.2, 0.25) is 11.8 Å². The van der Waals surface area contributed by atoms with Crippen molar-refractivity contribution in [2.24, 2.45) is 5.92 Å². The van der Waals surface area contributed by atoms with Crippen LogP contribution in [0.4, 0.5) is 5.69 Å². The van der Waals surface area contributed by atoms with Crippen molar-refractivity contribution in [2.45, 2.75) is 39.5 Å². The molecule has 1 fully saturated rings. The van der Waals surface area contributed by atoms with Crippen LogP contribution in [-0.2, 0) is 4.79 Å². The molecule has 4 heteroatoms. The van der Waals surface area contributed by atoms with Gasteiger partial charge in [0, 0.05) is 17.7 Å². The molecule has 1 amide bonds. The molecule has 1 saturated carbocycles. The fourth-order valence-electron chi connectivity index (χ4n) is 2.58. The number of nitrogens with one attached hydrogen (secondary N) is 1. The topological polar surface area (TPSA) is 55.1 Å². The van der Waals surface area contributed by atoms with Gasteiger partial charge in [-0.05, 0) is 50.3 Å². The maximum Gasteiger partial charge on any atom is 0.226 e. The van der Waals surface area contributed by atoms with Gasteiger partial charge in [0.15, 0.2) is 0 Å². The zero-order valence-corrected chi connectivity index (χ0v) is 12.5. The highest BCUT2D eigenvalue weighted by Gasteiger charge is 2.20. The third-order valence-electron chi connectivity index (χ3n) is 4.07. The number of aromatic nitrogens is 1. The van der Waals surface area contributed by atoms with Gasteiger partial charge in [-0.2, -0.15) is 0 Å². The van der Waals surface area contributed by atoms with Crippen molar-refractivity contribution in [1.29, 1.82) is 0 Å². The molecule has 1 aliphatic rings. The maximum atomic E-state index is 12.0. The van der Waals surface area contributed by atoms with Crippen LogP contribution < -0.4 is 5.32 Å². The smallest absolute Gasteiger partial charge is 0.226 e. The number of hydrogen-bond donors (Lipinski definition) is 1. The molecule has 110 valence electrons. The van der Waals surface area contributed by atoms with Crippen LogP contribution in [0.15, 0.2) is 28.9 Å². The molecule has 0 atom stereocenters. The summed E-state index contributed by atoms with van der Waals surface area (Å²) in [6, 6.07) is 5.83. The van der Waals surface area contributed by atoms with E-state index in [1.54, 1.807) is 6.26 Å². The predicted octanol–water partition coefficient (Wildman–Crippen LogP) is 4.09. The molecule has 1 aliphatic carbocycles. The summed E-state index contributed by atoms with van der Waals surface area (Å²) in [6.07, 6.45) is 5.89. The number of aryl methyl sites for hydroxylation is 2. The number of carbonyl (C=O) groups is 1. The summed E-state index contributed by atoms with van der Waals surface area (Å²) in [5.74, 6) is 1.27. The summed E-state index contributed by atoms with van der Waals surface area (Å²) in [6.45, 7) is 3.90. The van der Waals surface area contributed by atoms with E-state index in [1.807, 2.05) is 32.0 Å². The lowest BCUT2D eigenvalue weighted by molar-refractivity contribution is -0.117. The van der Waals surface area contributed by atoms with Gasteiger partial charge in [-0.15, -0.1) is 0 Å². The highest BCUT2D eigenvalue weighted by Crippen LogP contribution is 2.30. The average molecular weight is 284 g/mol. The summed E-state index contributed by atoms with van der Waals surface area (Å²) in [5.41, 5.74) is 3.65. The van der Waals surface area contributed by atoms with E-state index in [0.29, 0.717) is 18.2 Å². The average Bonchev–Trinajstić information content (AvgIpc) is 2.83. The lowest BCUT2D eigenvalue weighted by atomic mass is 9.83. The lowest BCUT2D eigenvalue weighted by Gasteiger charge is -2.24. The van der Waals surface area contributed by atoms with E-state index in [4.69, 9.17) is 4.42 Å². The Morgan fingerprint density at radius 3 is 2.81 bits per heavy atom. The number of hydrogen-bond acceptors (Lipinski definition) is 3. The van der Waals surface area contributed by atoms with Gasteiger partial charge in [-0.25, -0.2) is 4.98 Å². The minimum absolute atomic E-state index is 0.0955. The molecule has 1 N–H and O–H groups in total. The van der Waals surface area contributed by atoms with Crippen LogP contribution in [0.5, 0.6) is 0 Å². The highest BCUT2D eigenvalue weighted by molar-refractivity contribution is 5.91. The number of oxazole rings is 1. The van der Waals surface area contributed by atoms with E-state index in [1.165, 1.54) is 19.3 Å². The zero-order valence-electron chi connectivity index (χ0n) is 12.5. The standard InChI is InChI=1S/C17H20N2O2/c1-11-6-7-14(19-16(20)8-13-4-3-5-13)9-15(11)17-18-12(2)10-21-17/h6-7,9-10,13H,3-5,8H2,1-2H3,(H,19,20). The van der Waals surface area contributed by atoms with Gasteiger partial charge in [0.05, 0.1) is 5.69 Å². The Labute approximate surface area is 124 Å². The molecule has 21 heavy (non-hydrogen) atoms. The Hall–Kier alpha value is -2.10. The Morgan fingerprint density at radius 1 is 1.38 bits per heavy atom. The monoisotopic (exact) mass is 284 g/mol. The number of benzene rings is 1. The molecule has 0 radical (unpaired) electrons. The minimum Gasteiger partial charge on any atom is -0.444 e. The van der Waals surface area contributed by atoms with Gasteiger partial charge in [0.25, 0.3) is 0 Å². The normalized spacial score (nSPS) is 14.8. The molecule has 1 aromatic carbocycles. The van der Waals surface area contributed by atoms with Crippen LogP contribution in [0.1, 0.15) is 36.9 Å². The number of rotatable bonds is 4. The fraction of sp³-hybridized carbons (Fsp3) is 0.412. The number of carbonyl (C=O) groups excluding carboxylic acids is 1. The van der Waals surface area contributed by atoms with Crippen molar-refractivity contribution >= 4 is 11.6 Å². The highest BCUT2D eigenvalue weighted by atomic mass is 16.3. The first-order chi connectivity index (χ1) is 10.1. The largest absolute Gasteiger partial charge is 0.444 e. The molecule has 0 unspecified atom stereocenters. The van der Waals surface area contributed by atoms with E-state index >= 15 is 0 Å². The first kappa shape index (κ1) is 13.9. The predicted molar refractivity (Wildman–Crippen MR) is 82.0 cm³/mol. The van der Waals surface area contributed by atoms with E-state index in [9.17, 15) is 4.79 Å². The summed E-state index contributed by atoms with van der Waals surface area (Å²) in [5, 5.41) is 2.98. The summed E-state index contributed by atoms with van der Waals surface area (Å²) in [4.78, 5) is 16.4. The SMILES string of the molecule is Cc1coc(-c2cc(NC(=O)CC3CCC3)ccc2C)n1. The van der Waals surface area contributed by atoms with Crippen molar-refractivity contribution in [2.75, 3.05) is 5.32 Å². The number of nitrogens with zero attached hydrogens (tertiary/aromatic N) is 1. The molecule has 1 aromatic heterocycles. The first-order valence-corrected chi connectivity index (χ1v) is 7.45. The van der Waals surface area contributed by atoms with E-state index in [-0.39, 0.29) is 5.91 Å². The summed E-state index contributed by atoms with van der Waals surface area (Å²) in [7, 11) is 0. The first-order valence-electron chi connectivity index (χ1n) is 7.45. The lowest BCUT2D eigenvalue weighted by Crippen LogP contribution is -2.20. The molecular formula is C17H20N2O2. The van der Waals surface area contributed by atoms with Crippen molar-refractivity contribution in [3.05, 3.63) is 35.7 Å². The van der Waals surface area contributed by atoms with Gasteiger partial charge in [-0.1, -0.05) is 12.5 Å². The third-order valence-corrected chi connectivity index (χ3v) is 4.07. The summed E-state index contributed by atoms with van der Waals surface area (Å²) < 4.78 is 5.46. The van der Waals surface area contributed by atoms with E-state index < -0.39 is 0 Å². The third kappa shape index (κ3) is 3.15. The van der Waals surface area contributed by atoms with Crippen molar-refractivity contribution in [1.82, 2.24) is 4.98 Å². The van der Waals surface area contributed by atoms with Gasteiger partial charge in [-0.3, -0.25) is 4.79 Å². The maximum absolute atomic E-state index is 12.0. The van der Waals surface area contributed by atoms with E-state index in [2.05, 4.69) is 10.3 Å². The second-order valence-electron chi connectivity index (χ2n) is 5.87. The van der Waals surface area contributed by atoms with Crippen LogP contribution in [0.2, 0.25) is 0 Å². The van der Waals surface area contributed by atoms with Crippen LogP contribution >= 0.6 is 0 Å².